The Bertz CT molecular complexity index is 607. The van der Waals surface area contributed by atoms with E-state index < -0.39 is 0 Å². The van der Waals surface area contributed by atoms with E-state index in [0.717, 1.165) is 22.1 Å². The van der Waals surface area contributed by atoms with E-state index >= 15 is 0 Å². The Morgan fingerprint density at radius 2 is 2.00 bits per heavy atom. The number of aryl methyl sites for hydroxylation is 2. The van der Waals surface area contributed by atoms with Gasteiger partial charge in [0.2, 0.25) is 0 Å². The van der Waals surface area contributed by atoms with Crippen molar-refractivity contribution in [3.63, 3.8) is 0 Å². The van der Waals surface area contributed by atoms with E-state index in [-0.39, 0.29) is 5.91 Å². The molecule has 0 heterocycles. The van der Waals surface area contributed by atoms with E-state index in [1.807, 2.05) is 43.3 Å². The van der Waals surface area contributed by atoms with E-state index in [9.17, 15) is 4.79 Å². The number of nitrogens with one attached hydrogen (secondary N) is 1. The Hall–Kier alpha value is -1.61. The highest BCUT2D eigenvalue weighted by atomic mass is 79.9. The average Bonchev–Trinajstić information content (AvgIpc) is 2.42. The van der Waals surface area contributed by atoms with Gasteiger partial charge in [-0.15, -0.1) is 0 Å². The van der Waals surface area contributed by atoms with Crippen LogP contribution in [0, 0.1) is 6.92 Å². The molecule has 1 amide bonds. The minimum absolute atomic E-state index is 0.0889. The molecular weight excluding hydrogens is 302 g/mol. The summed E-state index contributed by atoms with van der Waals surface area (Å²) < 4.78 is 0.947. The van der Waals surface area contributed by atoms with Gasteiger partial charge in [-0.05, 0) is 48.7 Å². The normalized spacial score (nSPS) is 10.3. The van der Waals surface area contributed by atoms with Crippen molar-refractivity contribution < 1.29 is 4.79 Å². The number of halogens is 1. The first kappa shape index (κ1) is 13.8. The first-order valence-electron chi connectivity index (χ1n) is 6.26. The number of carbonyl (C=O) groups excluding carboxylic acids is 1. The summed E-state index contributed by atoms with van der Waals surface area (Å²) in [5.74, 6) is -0.0889. The van der Waals surface area contributed by atoms with Gasteiger partial charge in [0.1, 0.15) is 0 Å². The van der Waals surface area contributed by atoms with Crippen molar-refractivity contribution in [3.8, 4) is 0 Å². The summed E-state index contributed by atoms with van der Waals surface area (Å²) in [5, 5.41) is 2.92. The zero-order valence-electron chi connectivity index (χ0n) is 11.0. The summed E-state index contributed by atoms with van der Waals surface area (Å²) in [5.41, 5.74) is 3.81. The van der Waals surface area contributed by atoms with Crippen molar-refractivity contribution in [2.75, 3.05) is 5.32 Å². The minimum Gasteiger partial charge on any atom is -0.322 e. The molecule has 2 aromatic carbocycles. The zero-order chi connectivity index (χ0) is 13.8. The molecule has 2 aromatic rings. The van der Waals surface area contributed by atoms with Crippen molar-refractivity contribution >= 4 is 27.5 Å². The van der Waals surface area contributed by atoms with Gasteiger partial charge in [0.05, 0.1) is 0 Å². The molecule has 0 spiro atoms. The Kier molecular flexibility index (Phi) is 4.38. The number of hydrogen-bond donors (Lipinski definition) is 1. The molecule has 0 fully saturated rings. The first-order chi connectivity index (χ1) is 9.10. The maximum Gasteiger partial charge on any atom is 0.255 e. The highest BCUT2D eigenvalue weighted by Crippen LogP contribution is 2.19. The maximum absolute atomic E-state index is 12.1. The largest absolute Gasteiger partial charge is 0.322 e. The van der Waals surface area contributed by atoms with Gasteiger partial charge >= 0.3 is 0 Å². The quantitative estimate of drug-likeness (QED) is 0.882. The van der Waals surface area contributed by atoms with Gasteiger partial charge in [0.25, 0.3) is 5.91 Å². The SMILES string of the molecule is CCc1cccc(NC(=O)c2ccc(C)c(Br)c2)c1. The average molecular weight is 318 g/mol. The van der Waals surface area contributed by atoms with Crippen LogP contribution in [0.4, 0.5) is 5.69 Å². The summed E-state index contributed by atoms with van der Waals surface area (Å²) in [6, 6.07) is 13.5. The monoisotopic (exact) mass is 317 g/mol. The van der Waals surface area contributed by atoms with Crippen LogP contribution in [-0.2, 0) is 6.42 Å². The van der Waals surface area contributed by atoms with E-state index in [1.54, 1.807) is 0 Å². The Balaban J connectivity index is 2.18. The predicted molar refractivity (Wildman–Crippen MR) is 82.7 cm³/mol. The topological polar surface area (TPSA) is 29.1 Å². The van der Waals surface area contributed by atoms with Crippen LogP contribution in [0.25, 0.3) is 0 Å². The van der Waals surface area contributed by atoms with E-state index in [1.165, 1.54) is 5.56 Å². The Morgan fingerprint density at radius 1 is 1.21 bits per heavy atom. The number of hydrogen-bond acceptors (Lipinski definition) is 1. The summed E-state index contributed by atoms with van der Waals surface area (Å²) in [4.78, 5) is 12.1. The van der Waals surface area contributed by atoms with Gasteiger partial charge in [0.15, 0.2) is 0 Å². The first-order valence-corrected chi connectivity index (χ1v) is 7.06. The number of amides is 1. The maximum atomic E-state index is 12.1. The van der Waals surface area contributed by atoms with E-state index in [4.69, 9.17) is 0 Å². The van der Waals surface area contributed by atoms with Gasteiger partial charge in [-0.2, -0.15) is 0 Å². The highest BCUT2D eigenvalue weighted by molar-refractivity contribution is 9.10. The molecule has 0 saturated heterocycles. The smallest absolute Gasteiger partial charge is 0.255 e. The Morgan fingerprint density at radius 3 is 2.68 bits per heavy atom. The highest BCUT2D eigenvalue weighted by Gasteiger charge is 2.07. The van der Waals surface area contributed by atoms with Crippen LogP contribution in [-0.4, -0.2) is 5.91 Å². The summed E-state index contributed by atoms with van der Waals surface area (Å²) in [6.45, 7) is 4.09. The summed E-state index contributed by atoms with van der Waals surface area (Å²) in [6.07, 6.45) is 0.958. The number of rotatable bonds is 3. The van der Waals surface area contributed by atoms with Crippen molar-refractivity contribution in [1.29, 1.82) is 0 Å². The minimum atomic E-state index is -0.0889. The molecule has 0 bridgehead atoms. The summed E-state index contributed by atoms with van der Waals surface area (Å²) in [7, 11) is 0. The summed E-state index contributed by atoms with van der Waals surface area (Å²) >= 11 is 3.44. The molecule has 1 N–H and O–H groups in total. The van der Waals surface area contributed by atoms with Crippen LogP contribution in [0.1, 0.15) is 28.4 Å². The van der Waals surface area contributed by atoms with Crippen molar-refractivity contribution in [2.24, 2.45) is 0 Å². The van der Waals surface area contributed by atoms with Gasteiger partial charge in [-0.3, -0.25) is 4.79 Å². The molecule has 0 radical (unpaired) electrons. The fourth-order valence-corrected chi connectivity index (χ4v) is 2.19. The van der Waals surface area contributed by atoms with Gasteiger partial charge < -0.3 is 5.32 Å². The van der Waals surface area contributed by atoms with Crippen LogP contribution in [0.5, 0.6) is 0 Å². The molecular formula is C16H16BrNO. The van der Waals surface area contributed by atoms with Crippen LogP contribution < -0.4 is 5.32 Å². The fourth-order valence-electron chi connectivity index (χ4n) is 1.81. The lowest BCUT2D eigenvalue weighted by atomic mass is 10.1. The van der Waals surface area contributed by atoms with Crippen molar-refractivity contribution in [1.82, 2.24) is 0 Å². The third-order valence-corrected chi connectivity index (χ3v) is 3.88. The standard InChI is InChI=1S/C16H16BrNO/c1-3-12-5-4-6-14(9-12)18-16(19)13-8-7-11(2)15(17)10-13/h4-10H,3H2,1-2H3,(H,18,19). The van der Waals surface area contributed by atoms with Crippen molar-refractivity contribution in [3.05, 3.63) is 63.6 Å². The van der Waals surface area contributed by atoms with Gasteiger partial charge in [-0.1, -0.05) is 41.1 Å². The molecule has 0 unspecified atom stereocenters. The number of carbonyl (C=O) groups is 1. The van der Waals surface area contributed by atoms with E-state index in [0.29, 0.717) is 5.56 Å². The molecule has 2 rings (SSSR count). The molecule has 0 saturated carbocycles. The number of anilines is 1. The molecule has 0 aliphatic carbocycles. The number of benzene rings is 2. The third-order valence-electron chi connectivity index (χ3n) is 3.03. The fraction of sp³-hybridized carbons (Fsp3) is 0.188. The molecule has 2 nitrogen and oxygen atoms in total. The lowest BCUT2D eigenvalue weighted by Gasteiger charge is -2.08. The van der Waals surface area contributed by atoms with Gasteiger partial charge in [-0.25, -0.2) is 0 Å². The second-order valence-corrected chi connectivity index (χ2v) is 5.33. The Labute approximate surface area is 122 Å². The van der Waals surface area contributed by atoms with E-state index in [2.05, 4.69) is 34.2 Å². The van der Waals surface area contributed by atoms with Crippen LogP contribution in [0.15, 0.2) is 46.9 Å². The molecule has 98 valence electrons. The zero-order valence-corrected chi connectivity index (χ0v) is 12.6. The van der Waals surface area contributed by atoms with Crippen molar-refractivity contribution in [2.45, 2.75) is 20.3 Å². The van der Waals surface area contributed by atoms with Gasteiger partial charge in [0, 0.05) is 15.7 Å². The van der Waals surface area contributed by atoms with Crippen LogP contribution >= 0.6 is 15.9 Å². The predicted octanol–water partition coefficient (Wildman–Crippen LogP) is 4.57. The molecule has 0 atom stereocenters. The lowest BCUT2D eigenvalue weighted by molar-refractivity contribution is 0.102. The molecule has 0 aliphatic heterocycles. The molecule has 0 aliphatic rings. The molecule has 19 heavy (non-hydrogen) atoms. The lowest BCUT2D eigenvalue weighted by Crippen LogP contribution is -2.12. The molecule has 0 aromatic heterocycles. The second-order valence-electron chi connectivity index (χ2n) is 4.47. The van der Waals surface area contributed by atoms with Crippen LogP contribution in [0.2, 0.25) is 0 Å². The third kappa shape index (κ3) is 3.44. The van der Waals surface area contributed by atoms with Crippen LogP contribution in [0.3, 0.4) is 0 Å². The molecule has 3 heteroatoms. The second kappa shape index (κ2) is 6.02.